The highest BCUT2D eigenvalue weighted by Gasteiger charge is 2.44. The van der Waals surface area contributed by atoms with E-state index in [1.54, 1.807) is 12.1 Å². The Bertz CT molecular complexity index is 1060. The highest BCUT2D eigenvalue weighted by molar-refractivity contribution is 5.90. The first-order valence-corrected chi connectivity index (χ1v) is 11.4. The summed E-state index contributed by atoms with van der Waals surface area (Å²) in [4.78, 5) is 15.2. The molecule has 4 heteroatoms. The third kappa shape index (κ3) is 3.97. The number of carbonyl (C=O) groups excluding carboxylic acids is 1. The first kappa shape index (κ1) is 20.2. The molecule has 1 amide bonds. The summed E-state index contributed by atoms with van der Waals surface area (Å²) in [6.07, 6.45) is 3.59. The lowest BCUT2D eigenvalue weighted by Gasteiger charge is -2.49. The molecule has 1 unspecified atom stereocenters. The Labute approximate surface area is 183 Å². The molecule has 0 aromatic heterocycles. The lowest BCUT2D eigenvalue weighted by atomic mass is 9.62. The SMILES string of the molecule is O=C(Cc1cccc2ccccc12)N1CCC2(CCNCC2c2ccc(F)cc2)CC1. The normalized spacial score (nSPS) is 20.8. The number of hydrogen-bond donors (Lipinski definition) is 1. The average Bonchev–Trinajstić information content (AvgIpc) is 2.81. The minimum absolute atomic E-state index is 0.185. The Morgan fingerprint density at radius 2 is 1.71 bits per heavy atom. The number of benzene rings is 3. The summed E-state index contributed by atoms with van der Waals surface area (Å²) in [5.74, 6) is 0.408. The molecule has 2 aliphatic rings. The van der Waals surface area contributed by atoms with Gasteiger partial charge < -0.3 is 10.2 Å². The van der Waals surface area contributed by atoms with Crippen molar-refractivity contribution < 1.29 is 9.18 Å². The first-order valence-electron chi connectivity index (χ1n) is 11.4. The Kier molecular flexibility index (Phi) is 5.49. The molecule has 3 aromatic rings. The quantitative estimate of drug-likeness (QED) is 0.658. The number of halogens is 1. The predicted molar refractivity (Wildman–Crippen MR) is 123 cm³/mol. The third-order valence-electron chi connectivity index (χ3n) is 7.49. The van der Waals surface area contributed by atoms with Crippen LogP contribution >= 0.6 is 0 Å². The van der Waals surface area contributed by atoms with E-state index in [4.69, 9.17) is 0 Å². The van der Waals surface area contributed by atoms with E-state index in [0.717, 1.165) is 51.0 Å². The lowest BCUT2D eigenvalue weighted by Crippen LogP contribution is -2.51. The van der Waals surface area contributed by atoms with Crippen LogP contribution in [0, 0.1) is 11.2 Å². The van der Waals surface area contributed by atoms with E-state index in [0.29, 0.717) is 12.3 Å². The van der Waals surface area contributed by atoms with Crippen LogP contribution < -0.4 is 5.32 Å². The fourth-order valence-electron chi connectivity index (χ4n) is 5.66. The highest BCUT2D eigenvalue weighted by Crippen LogP contribution is 2.48. The van der Waals surface area contributed by atoms with Gasteiger partial charge in [0, 0.05) is 25.6 Å². The Balaban J connectivity index is 1.29. The summed E-state index contributed by atoms with van der Waals surface area (Å²) in [7, 11) is 0. The Hall–Kier alpha value is -2.72. The Morgan fingerprint density at radius 3 is 2.52 bits per heavy atom. The smallest absolute Gasteiger partial charge is 0.227 e. The second kappa shape index (κ2) is 8.43. The number of nitrogens with zero attached hydrogens (tertiary/aromatic N) is 1. The van der Waals surface area contributed by atoms with Crippen LogP contribution in [-0.4, -0.2) is 37.0 Å². The fourth-order valence-corrected chi connectivity index (χ4v) is 5.66. The minimum Gasteiger partial charge on any atom is -0.342 e. The van der Waals surface area contributed by atoms with Crippen LogP contribution in [0.2, 0.25) is 0 Å². The topological polar surface area (TPSA) is 32.3 Å². The van der Waals surface area contributed by atoms with Gasteiger partial charge in [-0.15, -0.1) is 0 Å². The van der Waals surface area contributed by atoms with Crippen molar-refractivity contribution in [2.75, 3.05) is 26.2 Å². The average molecular weight is 417 g/mol. The summed E-state index contributed by atoms with van der Waals surface area (Å²) in [6.45, 7) is 3.56. The van der Waals surface area contributed by atoms with E-state index >= 15 is 0 Å². The number of piperidine rings is 2. The molecular formula is C27H29FN2O. The first-order chi connectivity index (χ1) is 15.1. The number of carbonyl (C=O) groups is 1. The number of nitrogens with one attached hydrogen (secondary N) is 1. The van der Waals surface area contributed by atoms with Gasteiger partial charge in [-0.3, -0.25) is 4.79 Å². The van der Waals surface area contributed by atoms with Crippen molar-refractivity contribution in [3.63, 3.8) is 0 Å². The van der Waals surface area contributed by atoms with Gasteiger partial charge in [0.05, 0.1) is 6.42 Å². The van der Waals surface area contributed by atoms with Crippen LogP contribution in [0.5, 0.6) is 0 Å². The van der Waals surface area contributed by atoms with E-state index in [9.17, 15) is 9.18 Å². The zero-order valence-corrected chi connectivity index (χ0v) is 17.8. The van der Waals surface area contributed by atoms with Crippen molar-refractivity contribution in [1.29, 1.82) is 0 Å². The third-order valence-corrected chi connectivity index (χ3v) is 7.49. The molecule has 31 heavy (non-hydrogen) atoms. The standard InChI is InChI=1S/C27H29FN2O/c28-23-10-8-21(9-11-23)25-19-29-15-12-27(25)13-16-30(17-14-27)26(31)18-22-6-3-5-20-4-1-2-7-24(20)22/h1-11,25,29H,12-19H2. The molecule has 1 atom stereocenters. The number of amides is 1. The van der Waals surface area contributed by atoms with Gasteiger partial charge >= 0.3 is 0 Å². The second-order valence-electron chi connectivity index (χ2n) is 9.12. The molecule has 3 aromatic carbocycles. The highest BCUT2D eigenvalue weighted by atomic mass is 19.1. The Morgan fingerprint density at radius 1 is 0.968 bits per heavy atom. The van der Waals surface area contributed by atoms with Crippen molar-refractivity contribution >= 4 is 16.7 Å². The van der Waals surface area contributed by atoms with Crippen LogP contribution in [-0.2, 0) is 11.2 Å². The molecule has 2 fully saturated rings. The molecule has 0 saturated carbocycles. The molecule has 0 aliphatic carbocycles. The zero-order valence-electron chi connectivity index (χ0n) is 17.8. The maximum absolute atomic E-state index is 13.4. The molecule has 2 aliphatic heterocycles. The summed E-state index contributed by atoms with van der Waals surface area (Å²) < 4.78 is 13.4. The number of likely N-dealkylation sites (tertiary alicyclic amines) is 1. The molecule has 160 valence electrons. The van der Waals surface area contributed by atoms with Crippen molar-refractivity contribution in [1.82, 2.24) is 10.2 Å². The van der Waals surface area contributed by atoms with Gasteiger partial charge in [-0.25, -0.2) is 4.39 Å². The van der Waals surface area contributed by atoms with Crippen molar-refractivity contribution in [3.05, 3.63) is 83.7 Å². The summed E-state index contributed by atoms with van der Waals surface area (Å²) >= 11 is 0. The molecule has 1 N–H and O–H groups in total. The van der Waals surface area contributed by atoms with Gasteiger partial charge in [0.2, 0.25) is 5.91 Å². The molecule has 0 radical (unpaired) electrons. The molecular weight excluding hydrogens is 387 g/mol. The molecule has 0 bridgehead atoms. The van der Waals surface area contributed by atoms with Crippen molar-refractivity contribution in [3.8, 4) is 0 Å². The van der Waals surface area contributed by atoms with E-state index in [1.807, 2.05) is 30.3 Å². The van der Waals surface area contributed by atoms with Gasteiger partial charge in [0.15, 0.2) is 0 Å². The van der Waals surface area contributed by atoms with Crippen LogP contribution in [0.3, 0.4) is 0 Å². The van der Waals surface area contributed by atoms with Crippen molar-refractivity contribution in [2.24, 2.45) is 5.41 Å². The molecule has 3 nitrogen and oxygen atoms in total. The molecule has 1 spiro atoms. The number of hydrogen-bond acceptors (Lipinski definition) is 2. The van der Waals surface area contributed by atoms with E-state index in [2.05, 4.69) is 34.5 Å². The molecule has 2 saturated heterocycles. The summed E-state index contributed by atoms with van der Waals surface area (Å²) in [5, 5.41) is 5.88. The molecule has 5 rings (SSSR count). The maximum atomic E-state index is 13.4. The van der Waals surface area contributed by atoms with Crippen LogP contribution in [0.1, 0.15) is 36.3 Å². The lowest BCUT2D eigenvalue weighted by molar-refractivity contribution is -0.133. The number of rotatable bonds is 3. The van der Waals surface area contributed by atoms with Gasteiger partial charge in [0.1, 0.15) is 5.82 Å². The maximum Gasteiger partial charge on any atom is 0.227 e. The fraction of sp³-hybridized carbons (Fsp3) is 0.370. The van der Waals surface area contributed by atoms with E-state index in [1.165, 1.54) is 16.3 Å². The van der Waals surface area contributed by atoms with Gasteiger partial charge in [-0.2, -0.15) is 0 Å². The summed E-state index contributed by atoms with van der Waals surface area (Å²) in [5.41, 5.74) is 2.51. The summed E-state index contributed by atoms with van der Waals surface area (Å²) in [6, 6.07) is 21.5. The molecule has 2 heterocycles. The van der Waals surface area contributed by atoms with Gasteiger partial charge in [-0.05, 0) is 65.3 Å². The second-order valence-corrected chi connectivity index (χ2v) is 9.12. The van der Waals surface area contributed by atoms with Gasteiger partial charge in [-0.1, -0.05) is 54.6 Å². The van der Waals surface area contributed by atoms with Crippen LogP contribution in [0.4, 0.5) is 4.39 Å². The minimum atomic E-state index is -0.185. The van der Waals surface area contributed by atoms with E-state index < -0.39 is 0 Å². The van der Waals surface area contributed by atoms with Crippen molar-refractivity contribution in [2.45, 2.75) is 31.6 Å². The van der Waals surface area contributed by atoms with Crippen LogP contribution in [0.15, 0.2) is 66.7 Å². The monoisotopic (exact) mass is 416 g/mol. The number of fused-ring (bicyclic) bond motifs is 1. The van der Waals surface area contributed by atoms with Gasteiger partial charge in [0.25, 0.3) is 0 Å². The largest absolute Gasteiger partial charge is 0.342 e. The predicted octanol–water partition coefficient (Wildman–Crippen LogP) is 4.91. The van der Waals surface area contributed by atoms with Crippen LogP contribution in [0.25, 0.3) is 10.8 Å². The van der Waals surface area contributed by atoms with E-state index in [-0.39, 0.29) is 17.1 Å². The zero-order chi connectivity index (χ0) is 21.3.